The summed E-state index contributed by atoms with van der Waals surface area (Å²) in [5, 5.41) is 10.0. The number of hydrogen-bond acceptors (Lipinski definition) is 2. The summed E-state index contributed by atoms with van der Waals surface area (Å²) < 4.78 is 0. The van der Waals surface area contributed by atoms with Gasteiger partial charge in [0.2, 0.25) is 0 Å². The summed E-state index contributed by atoms with van der Waals surface area (Å²) in [5.74, 6) is -0.600. The van der Waals surface area contributed by atoms with Crippen LogP contribution in [-0.4, -0.2) is 35.1 Å². The van der Waals surface area contributed by atoms with Gasteiger partial charge in [-0.1, -0.05) is 239 Å². The van der Waals surface area contributed by atoms with Crippen molar-refractivity contribution in [3.63, 3.8) is 0 Å². The lowest BCUT2D eigenvalue weighted by molar-refractivity contribution is -0.143. The van der Waals surface area contributed by atoms with E-state index < -0.39 is 5.97 Å². The number of carboxylic acids is 1. The molecule has 0 heterocycles. The van der Waals surface area contributed by atoms with Crippen LogP contribution in [0.5, 0.6) is 0 Å². The number of carboxylic acid groups (broad SMARTS) is 1. The molecule has 0 spiro atoms. The van der Waals surface area contributed by atoms with Gasteiger partial charge in [-0.25, -0.2) is 0 Å². The highest BCUT2D eigenvalue weighted by Crippen LogP contribution is 2.18. The van der Waals surface area contributed by atoms with E-state index in [0.29, 0.717) is 0 Å². The molecule has 3 heteroatoms. The standard InChI is InChI=1S/C44H89NO2/c1-4-7-10-12-14-16-18-20-22-24-26-28-30-32-34-36-38-41-45(43(44(46)47)40-9-6-3)42-39-37-35-33-31-29-27-25-23-21-19-17-15-13-11-8-5-2/h43H,4-42H2,1-3H3,(H,46,47). The molecule has 1 unspecified atom stereocenters. The molecule has 3 nitrogen and oxygen atoms in total. The highest BCUT2D eigenvalue weighted by molar-refractivity contribution is 5.73. The summed E-state index contributed by atoms with van der Waals surface area (Å²) in [7, 11) is 0. The third kappa shape index (κ3) is 35.1. The molecule has 0 aliphatic rings. The topological polar surface area (TPSA) is 40.5 Å². The van der Waals surface area contributed by atoms with E-state index >= 15 is 0 Å². The van der Waals surface area contributed by atoms with Crippen molar-refractivity contribution in [1.82, 2.24) is 4.90 Å². The van der Waals surface area contributed by atoms with Crippen molar-refractivity contribution in [2.24, 2.45) is 0 Å². The third-order valence-electron chi connectivity index (χ3n) is 10.7. The summed E-state index contributed by atoms with van der Waals surface area (Å²) in [4.78, 5) is 14.5. The summed E-state index contributed by atoms with van der Waals surface area (Å²) >= 11 is 0. The maximum absolute atomic E-state index is 12.2. The van der Waals surface area contributed by atoms with E-state index in [-0.39, 0.29) is 6.04 Å². The second-order valence-corrected chi connectivity index (χ2v) is 15.3. The van der Waals surface area contributed by atoms with Gasteiger partial charge >= 0.3 is 5.97 Å². The Kier molecular flexibility index (Phi) is 39.4. The van der Waals surface area contributed by atoms with Crippen molar-refractivity contribution < 1.29 is 9.90 Å². The fraction of sp³-hybridized carbons (Fsp3) is 0.977. The molecule has 1 N–H and O–H groups in total. The number of hydrogen-bond donors (Lipinski definition) is 1. The molecule has 0 aliphatic carbocycles. The SMILES string of the molecule is CCCCCCCCCCCCCCCCCCCN(CCCCCCCCCCCCCCCCCCC)C(CCCC)C(=O)O. The van der Waals surface area contributed by atoms with E-state index in [0.717, 1.165) is 45.2 Å². The predicted molar refractivity (Wildman–Crippen MR) is 211 cm³/mol. The average Bonchev–Trinajstić information content (AvgIpc) is 3.07. The Morgan fingerprint density at radius 2 is 0.574 bits per heavy atom. The van der Waals surface area contributed by atoms with Gasteiger partial charge in [0.05, 0.1) is 0 Å². The Morgan fingerprint density at radius 1 is 0.362 bits per heavy atom. The van der Waals surface area contributed by atoms with Crippen LogP contribution in [0.2, 0.25) is 0 Å². The Morgan fingerprint density at radius 3 is 0.787 bits per heavy atom. The number of unbranched alkanes of at least 4 members (excludes halogenated alkanes) is 33. The van der Waals surface area contributed by atoms with Gasteiger partial charge in [-0.2, -0.15) is 0 Å². The van der Waals surface area contributed by atoms with E-state index in [9.17, 15) is 9.90 Å². The molecule has 0 saturated carbocycles. The van der Waals surface area contributed by atoms with E-state index in [1.165, 1.54) is 205 Å². The van der Waals surface area contributed by atoms with Gasteiger partial charge in [-0.05, 0) is 32.4 Å². The molecule has 0 aromatic carbocycles. The fourth-order valence-corrected chi connectivity index (χ4v) is 7.36. The first kappa shape index (κ1) is 46.4. The molecule has 282 valence electrons. The zero-order valence-electron chi connectivity index (χ0n) is 33.0. The van der Waals surface area contributed by atoms with Crippen molar-refractivity contribution in [1.29, 1.82) is 0 Å². The normalized spacial score (nSPS) is 12.3. The largest absolute Gasteiger partial charge is 0.480 e. The first-order chi connectivity index (χ1) is 23.2. The van der Waals surface area contributed by atoms with E-state index in [2.05, 4.69) is 25.7 Å². The summed E-state index contributed by atoms with van der Waals surface area (Å²) in [6.07, 6.45) is 50.1. The van der Waals surface area contributed by atoms with Crippen LogP contribution in [-0.2, 0) is 4.79 Å². The molecule has 0 fully saturated rings. The second kappa shape index (κ2) is 39.9. The monoisotopic (exact) mass is 664 g/mol. The van der Waals surface area contributed by atoms with Crippen molar-refractivity contribution in [2.45, 2.75) is 264 Å². The number of carbonyl (C=O) groups is 1. The fourth-order valence-electron chi connectivity index (χ4n) is 7.36. The zero-order valence-corrected chi connectivity index (χ0v) is 33.0. The lowest BCUT2D eigenvalue weighted by atomic mass is 10.0. The number of nitrogens with zero attached hydrogens (tertiary/aromatic N) is 1. The Hall–Kier alpha value is -0.570. The first-order valence-corrected chi connectivity index (χ1v) is 22.1. The van der Waals surface area contributed by atoms with Gasteiger partial charge in [0, 0.05) is 0 Å². The van der Waals surface area contributed by atoms with Crippen molar-refractivity contribution >= 4 is 5.97 Å². The minimum absolute atomic E-state index is 0.280. The van der Waals surface area contributed by atoms with Crippen LogP contribution in [0.3, 0.4) is 0 Å². The minimum Gasteiger partial charge on any atom is -0.480 e. The molecule has 1 atom stereocenters. The molecule has 47 heavy (non-hydrogen) atoms. The van der Waals surface area contributed by atoms with Crippen molar-refractivity contribution in [3.05, 3.63) is 0 Å². The molecule has 0 amide bonds. The van der Waals surface area contributed by atoms with Gasteiger partial charge in [0.25, 0.3) is 0 Å². The van der Waals surface area contributed by atoms with Crippen LogP contribution in [0.25, 0.3) is 0 Å². The second-order valence-electron chi connectivity index (χ2n) is 15.3. The lowest BCUT2D eigenvalue weighted by Gasteiger charge is -2.29. The van der Waals surface area contributed by atoms with Gasteiger partial charge in [-0.15, -0.1) is 0 Å². The first-order valence-electron chi connectivity index (χ1n) is 22.1. The van der Waals surface area contributed by atoms with Crippen LogP contribution in [0.4, 0.5) is 0 Å². The van der Waals surface area contributed by atoms with Crippen LogP contribution in [0, 0.1) is 0 Å². The zero-order chi connectivity index (χ0) is 34.3. The van der Waals surface area contributed by atoms with Crippen molar-refractivity contribution in [2.75, 3.05) is 13.1 Å². The van der Waals surface area contributed by atoms with Gasteiger partial charge in [0.1, 0.15) is 6.04 Å². The van der Waals surface area contributed by atoms with E-state index in [1.54, 1.807) is 0 Å². The molecular formula is C44H89NO2. The summed E-state index contributed by atoms with van der Waals surface area (Å²) in [6, 6.07) is -0.280. The predicted octanol–water partition coefficient (Wildman–Crippen LogP) is 15.2. The summed E-state index contributed by atoms with van der Waals surface area (Å²) in [6.45, 7) is 8.71. The highest BCUT2D eigenvalue weighted by atomic mass is 16.4. The Bertz CT molecular complexity index is 555. The van der Waals surface area contributed by atoms with E-state index in [4.69, 9.17) is 0 Å². The molecule has 0 bridgehead atoms. The average molecular weight is 664 g/mol. The third-order valence-corrected chi connectivity index (χ3v) is 10.7. The van der Waals surface area contributed by atoms with Gasteiger partial charge in [-0.3, -0.25) is 9.69 Å². The molecule has 0 saturated heterocycles. The van der Waals surface area contributed by atoms with Gasteiger partial charge < -0.3 is 5.11 Å². The molecule has 0 radical (unpaired) electrons. The maximum Gasteiger partial charge on any atom is 0.320 e. The summed E-state index contributed by atoms with van der Waals surface area (Å²) in [5.41, 5.74) is 0. The Labute approximate surface area is 297 Å². The minimum atomic E-state index is -0.600. The van der Waals surface area contributed by atoms with Crippen LogP contribution >= 0.6 is 0 Å². The van der Waals surface area contributed by atoms with Gasteiger partial charge in [0.15, 0.2) is 0 Å². The highest BCUT2D eigenvalue weighted by Gasteiger charge is 2.24. The van der Waals surface area contributed by atoms with E-state index in [1.807, 2.05) is 0 Å². The van der Waals surface area contributed by atoms with Crippen LogP contribution < -0.4 is 0 Å². The quantitative estimate of drug-likeness (QED) is 0.0662. The smallest absolute Gasteiger partial charge is 0.320 e. The molecule has 0 aliphatic heterocycles. The van der Waals surface area contributed by atoms with Crippen LogP contribution in [0.1, 0.15) is 258 Å². The van der Waals surface area contributed by atoms with Crippen LogP contribution in [0.15, 0.2) is 0 Å². The maximum atomic E-state index is 12.2. The Balaban J connectivity index is 3.86. The molecular weight excluding hydrogens is 574 g/mol. The molecule has 0 aromatic heterocycles. The lowest BCUT2D eigenvalue weighted by Crippen LogP contribution is -2.42. The molecule has 0 aromatic rings. The molecule has 0 rings (SSSR count). The number of rotatable bonds is 41. The van der Waals surface area contributed by atoms with Crippen molar-refractivity contribution in [3.8, 4) is 0 Å². The number of aliphatic carboxylic acids is 1.